The van der Waals surface area contributed by atoms with Crippen molar-refractivity contribution >= 4 is 77.7 Å². The van der Waals surface area contributed by atoms with Crippen LogP contribution < -0.4 is 20.6 Å². The second kappa shape index (κ2) is 15.6. The van der Waals surface area contributed by atoms with Crippen LogP contribution >= 0.6 is 11.3 Å². The van der Waals surface area contributed by atoms with E-state index in [-0.39, 0.29) is 33.9 Å². The maximum atomic E-state index is 2.80. The molecular weight excluding hydrogens is 888 g/mol. The van der Waals surface area contributed by atoms with Gasteiger partial charge >= 0.3 is 6.85 Å². The molecular formula is C68H67BN2S. The maximum Gasteiger partial charge on any atom is 0.334 e. The first-order valence-corrected chi connectivity index (χ1v) is 27.4. The van der Waals surface area contributed by atoms with Crippen molar-refractivity contribution in [3.8, 4) is 33.4 Å². The Labute approximate surface area is 432 Å². The highest BCUT2D eigenvalue weighted by molar-refractivity contribution is 7.26. The van der Waals surface area contributed by atoms with Crippen LogP contribution in [0.2, 0.25) is 0 Å². The summed E-state index contributed by atoms with van der Waals surface area (Å²) in [5.74, 6) is 0. The number of benzene rings is 8. The van der Waals surface area contributed by atoms with Crippen molar-refractivity contribution < 1.29 is 0 Å². The molecule has 8 aromatic carbocycles. The van der Waals surface area contributed by atoms with E-state index in [4.69, 9.17) is 0 Å². The number of anilines is 5. The number of nitrogens with zero attached hydrogens (tertiary/aromatic N) is 2. The van der Waals surface area contributed by atoms with E-state index in [0.717, 1.165) is 6.42 Å². The molecule has 4 aliphatic rings. The van der Waals surface area contributed by atoms with Gasteiger partial charge in [-0.1, -0.05) is 185 Å². The third-order valence-corrected chi connectivity index (χ3v) is 19.1. The number of fused-ring (bicyclic) bond motifs is 10. The van der Waals surface area contributed by atoms with Crippen LogP contribution in [0.15, 0.2) is 158 Å². The molecule has 0 unspecified atom stereocenters. The SMILES string of the molecule is CC(C)(C)c1ccc(N2c3sc4cc5c(cc4c3B3c4c(cc6ccccc6c42)-c2ccc(-c4ccccc4)cc2N3c2ccc3c(c2)C(C)(C)CCC3(C)C)C(C)(C)CCC5(C)C)c(-c2ccccc2)c1. The fraction of sp³-hybridized carbons (Fsp3) is 0.294. The first-order chi connectivity index (χ1) is 34.3. The van der Waals surface area contributed by atoms with Gasteiger partial charge in [-0.05, 0) is 173 Å². The quantitative estimate of drug-likeness (QED) is 0.162. The van der Waals surface area contributed by atoms with Gasteiger partial charge in [0, 0.05) is 32.6 Å². The summed E-state index contributed by atoms with van der Waals surface area (Å²) in [5, 5.41) is 5.24. The van der Waals surface area contributed by atoms with Crippen LogP contribution in [0.4, 0.5) is 27.8 Å². The van der Waals surface area contributed by atoms with E-state index in [1.165, 1.54) is 140 Å². The highest BCUT2D eigenvalue weighted by atomic mass is 32.1. The second-order valence-corrected chi connectivity index (χ2v) is 26.5. The Balaban J connectivity index is 1.21. The molecule has 9 aromatic rings. The summed E-state index contributed by atoms with van der Waals surface area (Å²) in [6, 6.07) is 61.5. The molecule has 0 bridgehead atoms. The van der Waals surface area contributed by atoms with Crippen molar-refractivity contribution in [2.75, 3.05) is 9.71 Å². The first kappa shape index (κ1) is 45.5. The normalized spacial score (nSPS) is 17.8. The Bertz CT molecular complexity index is 3700. The molecule has 3 heterocycles. The van der Waals surface area contributed by atoms with Crippen molar-refractivity contribution in [2.45, 2.75) is 129 Å². The molecule has 0 spiro atoms. The summed E-state index contributed by atoms with van der Waals surface area (Å²) in [5.41, 5.74) is 23.0. The molecule has 0 N–H and O–H groups in total. The van der Waals surface area contributed by atoms with Crippen molar-refractivity contribution in [3.05, 3.63) is 186 Å². The number of thiophene rings is 1. The fourth-order valence-electron chi connectivity index (χ4n) is 13.4. The smallest absolute Gasteiger partial charge is 0.334 e. The predicted octanol–water partition coefficient (Wildman–Crippen LogP) is 18.1. The second-order valence-electron chi connectivity index (χ2n) is 25.4. The zero-order valence-electron chi connectivity index (χ0n) is 44.2. The van der Waals surface area contributed by atoms with Gasteiger partial charge in [0.2, 0.25) is 0 Å². The van der Waals surface area contributed by atoms with Gasteiger partial charge in [0.1, 0.15) is 0 Å². The van der Waals surface area contributed by atoms with E-state index in [2.05, 4.69) is 244 Å². The summed E-state index contributed by atoms with van der Waals surface area (Å²) in [7, 11) is 0. The third-order valence-electron chi connectivity index (χ3n) is 17.9. The number of hydrogen-bond donors (Lipinski definition) is 0. The molecule has 358 valence electrons. The molecule has 0 saturated carbocycles. The lowest BCUT2D eigenvalue weighted by Gasteiger charge is -2.47. The van der Waals surface area contributed by atoms with Crippen LogP contribution in [0.1, 0.15) is 130 Å². The van der Waals surface area contributed by atoms with Gasteiger partial charge in [-0.25, -0.2) is 0 Å². The monoisotopic (exact) mass is 955 g/mol. The standard InChI is InChI=1S/C68H67BN2S/c1-64(2,3)46-27-31-57(50(38-46)43-22-16-13-17-23-43)70-62-48-25-19-18-24-45(48)36-51-49-29-26-44(42-20-14-12-15-21-42)37-58(49)71(47-28-30-53-54(39-47)66(6,7)33-32-65(53,4)5)69(60(51)62)61-52-40-55-56(41-59(52)72-63(61)70)68(10,11)35-34-67(55,8)9/h12-31,36-41H,32-35H2,1-11H3. The molecule has 0 fully saturated rings. The van der Waals surface area contributed by atoms with Crippen molar-refractivity contribution in [1.82, 2.24) is 0 Å². The highest BCUT2D eigenvalue weighted by Gasteiger charge is 2.50. The van der Waals surface area contributed by atoms with Gasteiger partial charge < -0.3 is 9.71 Å². The predicted molar refractivity (Wildman–Crippen MR) is 313 cm³/mol. The van der Waals surface area contributed by atoms with Crippen LogP contribution in [-0.4, -0.2) is 6.85 Å². The molecule has 0 amide bonds. The molecule has 2 aliphatic heterocycles. The molecule has 4 heteroatoms. The van der Waals surface area contributed by atoms with Gasteiger partial charge in [0.05, 0.1) is 16.4 Å². The molecule has 0 atom stereocenters. The molecule has 2 aliphatic carbocycles. The van der Waals surface area contributed by atoms with E-state index in [1.54, 1.807) is 0 Å². The zero-order valence-corrected chi connectivity index (χ0v) is 45.0. The fourth-order valence-corrected chi connectivity index (χ4v) is 14.7. The molecule has 0 radical (unpaired) electrons. The highest BCUT2D eigenvalue weighted by Crippen LogP contribution is 2.57. The van der Waals surface area contributed by atoms with Crippen molar-refractivity contribution in [2.24, 2.45) is 0 Å². The number of hydrogen-bond acceptors (Lipinski definition) is 3. The summed E-state index contributed by atoms with van der Waals surface area (Å²) in [6.07, 6.45) is 4.70. The molecule has 72 heavy (non-hydrogen) atoms. The average molecular weight is 955 g/mol. The summed E-state index contributed by atoms with van der Waals surface area (Å²) < 4.78 is 1.37. The van der Waals surface area contributed by atoms with Crippen molar-refractivity contribution in [1.29, 1.82) is 0 Å². The first-order valence-electron chi connectivity index (χ1n) is 26.6. The van der Waals surface area contributed by atoms with Gasteiger partial charge in [-0.15, -0.1) is 11.3 Å². The van der Waals surface area contributed by atoms with Crippen molar-refractivity contribution in [3.63, 3.8) is 0 Å². The summed E-state index contributed by atoms with van der Waals surface area (Å²) in [6.45, 7) is 26.7. The van der Waals surface area contributed by atoms with E-state index >= 15 is 0 Å². The largest absolute Gasteiger partial charge is 0.376 e. The van der Waals surface area contributed by atoms with Gasteiger partial charge in [0.25, 0.3) is 0 Å². The summed E-state index contributed by atoms with van der Waals surface area (Å²) in [4.78, 5) is 5.54. The van der Waals surface area contributed by atoms with Crippen LogP contribution in [0.5, 0.6) is 0 Å². The van der Waals surface area contributed by atoms with Gasteiger partial charge in [-0.2, -0.15) is 0 Å². The zero-order chi connectivity index (χ0) is 49.9. The molecule has 1 aromatic heterocycles. The lowest BCUT2D eigenvalue weighted by atomic mass is 9.43. The minimum atomic E-state index is -0.123. The maximum absolute atomic E-state index is 2.80. The Kier molecular flexibility index (Phi) is 9.85. The molecule has 2 nitrogen and oxygen atoms in total. The summed E-state index contributed by atoms with van der Waals surface area (Å²) >= 11 is 2.01. The van der Waals surface area contributed by atoms with E-state index < -0.39 is 0 Å². The van der Waals surface area contributed by atoms with Gasteiger partial charge in [-0.3, -0.25) is 0 Å². The van der Waals surface area contributed by atoms with E-state index in [1.807, 2.05) is 11.3 Å². The van der Waals surface area contributed by atoms with Gasteiger partial charge in [0.15, 0.2) is 0 Å². The van der Waals surface area contributed by atoms with Crippen LogP contribution in [0.25, 0.3) is 54.2 Å². The minimum Gasteiger partial charge on any atom is -0.376 e. The van der Waals surface area contributed by atoms with Crippen LogP contribution in [0, 0.1) is 0 Å². The lowest BCUT2D eigenvalue weighted by Crippen LogP contribution is -2.61. The Morgan fingerprint density at radius 1 is 0.458 bits per heavy atom. The Morgan fingerprint density at radius 3 is 1.75 bits per heavy atom. The molecule has 0 saturated heterocycles. The van der Waals surface area contributed by atoms with Crippen LogP contribution in [0.3, 0.4) is 0 Å². The molecule has 13 rings (SSSR count). The Hall–Kier alpha value is -6.36. The topological polar surface area (TPSA) is 6.48 Å². The lowest BCUT2D eigenvalue weighted by molar-refractivity contribution is 0.332. The van der Waals surface area contributed by atoms with E-state index in [9.17, 15) is 0 Å². The van der Waals surface area contributed by atoms with E-state index in [0.29, 0.717) is 0 Å². The Morgan fingerprint density at radius 2 is 1.07 bits per heavy atom. The minimum absolute atomic E-state index is 0.0312. The number of rotatable bonds is 4. The average Bonchev–Trinajstić information content (AvgIpc) is 3.75. The third kappa shape index (κ3) is 6.80. The van der Waals surface area contributed by atoms with Crippen LogP contribution in [-0.2, 0) is 27.1 Å².